The summed E-state index contributed by atoms with van der Waals surface area (Å²) in [5, 5.41) is 0. The molecule has 1 heterocycles. The van der Waals surface area contributed by atoms with Crippen LogP contribution in [0.15, 0.2) is 12.3 Å². The van der Waals surface area contributed by atoms with Crippen molar-refractivity contribution in [3.63, 3.8) is 0 Å². The minimum atomic E-state index is 0.500. The van der Waals surface area contributed by atoms with Gasteiger partial charge in [-0.25, -0.2) is 0 Å². The lowest BCUT2D eigenvalue weighted by molar-refractivity contribution is 0.857. The summed E-state index contributed by atoms with van der Waals surface area (Å²) >= 11 is 0. The first-order valence-corrected chi connectivity index (χ1v) is 4.94. The first-order chi connectivity index (χ1) is 6.20. The van der Waals surface area contributed by atoms with Crippen molar-refractivity contribution in [1.29, 1.82) is 0 Å². The molecule has 2 N–H and O–H groups in total. The molecular formula is C11H16N2. The van der Waals surface area contributed by atoms with Gasteiger partial charge in [0.25, 0.3) is 0 Å². The Hall–Kier alpha value is -1.05. The first-order valence-electron chi connectivity index (χ1n) is 4.94. The van der Waals surface area contributed by atoms with Gasteiger partial charge in [-0.15, -0.1) is 0 Å². The highest BCUT2D eigenvalue weighted by Crippen LogP contribution is 2.42. The number of hydrogen-bond acceptors (Lipinski definition) is 2. The highest BCUT2D eigenvalue weighted by molar-refractivity contribution is 5.54. The van der Waals surface area contributed by atoms with Crippen LogP contribution in [0, 0.1) is 0 Å². The van der Waals surface area contributed by atoms with Gasteiger partial charge in [-0.1, -0.05) is 13.8 Å². The second kappa shape index (κ2) is 3.02. The quantitative estimate of drug-likeness (QED) is 0.752. The van der Waals surface area contributed by atoms with Gasteiger partial charge in [-0.05, 0) is 30.4 Å². The van der Waals surface area contributed by atoms with Gasteiger partial charge in [0.2, 0.25) is 0 Å². The zero-order chi connectivity index (χ0) is 9.42. The van der Waals surface area contributed by atoms with E-state index in [2.05, 4.69) is 18.8 Å². The van der Waals surface area contributed by atoms with Gasteiger partial charge < -0.3 is 5.73 Å². The number of rotatable bonds is 2. The van der Waals surface area contributed by atoms with Crippen molar-refractivity contribution in [3.8, 4) is 0 Å². The first kappa shape index (κ1) is 8.54. The number of pyridine rings is 1. The number of aromatic nitrogens is 1. The van der Waals surface area contributed by atoms with Gasteiger partial charge >= 0.3 is 0 Å². The van der Waals surface area contributed by atoms with E-state index in [1.807, 2.05) is 12.3 Å². The third-order valence-electron chi connectivity index (χ3n) is 2.64. The van der Waals surface area contributed by atoms with Crippen molar-refractivity contribution < 1.29 is 0 Å². The average molecular weight is 176 g/mol. The van der Waals surface area contributed by atoms with Crippen molar-refractivity contribution >= 4 is 5.69 Å². The van der Waals surface area contributed by atoms with Gasteiger partial charge in [0.05, 0.1) is 11.4 Å². The van der Waals surface area contributed by atoms with Crippen LogP contribution in [0.5, 0.6) is 0 Å². The molecule has 0 spiro atoms. The van der Waals surface area contributed by atoms with E-state index < -0.39 is 0 Å². The molecule has 1 aliphatic carbocycles. The van der Waals surface area contributed by atoms with Crippen molar-refractivity contribution in [3.05, 3.63) is 23.5 Å². The van der Waals surface area contributed by atoms with E-state index in [9.17, 15) is 0 Å². The van der Waals surface area contributed by atoms with E-state index in [0.717, 1.165) is 11.4 Å². The van der Waals surface area contributed by atoms with Crippen molar-refractivity contribution in [2.24, 2.45) is 0 Å². The Morgan fingerprint density at radius 3 is 2.69 bits per heavy atom. The van der Waals surface area contributed by atoms with E-state index in [1.54, 1.807) is 0 Å². The zero-order valence-corrected chi connectivity index (χ0v) is 8.25. The molecule has 1 aliphatic rings. The number of hydrogen-bond donors (Lipinski definition) is 1. The third-order valence-corrected chi connectivity index (χ3v) is 2.64. The molecule has 13 heavy (non-hydrogen) atoms. The number of nitrogens with two attached hydrogens (primary N) is 1. The lowest BCUT2D eigenvalue weighted by Crippen LogP contribution is -2.02. The Morgan fingerprint density at radius 1 is 1.46 bits per heavy atom. The van der Waals surface area contributed by atoms with E-state index in [-0.39, 0.29) is 0 Å². The molecule has 0 radical (unpaired) electrons. The minimum Gasteiger partial charge on any atom is -0.397 e. The predicted molar refractivity (Wildman–Crippen MR) is 54.7 cm³/mol. The van der Waals surface area contributed by atoms with Gasteiger partial charge in [0.1, 0.15) is 0 Å². The summed E-state index contributed by atoms with van der Waals surface area (Å²) in [6.45, 7) is 4.34. The van der Waals surface area contributed by atoms with Gasteiger partial charge in [0, 0.05) is 12.1 Å². The molecule has 0 aliphatic heterocycles. The largest absolute Gasteiger partial charge is 0.397 e. The second-order valence-corrected chi connectivity index (χ2v) is 4.13. The maximum Gasteiger partial charge on any atom is 0.0666 e. The Morgan fingerprint density at radius 2 is 2.15 bits per heavy atom. The van der Waals surface area contributed by atoms with Gasteiger partial charge in [-0.2, -0.15) is 0 Å². The average Bonchev–Trinajstić information content (AvgIpc) is 2.87. The van der Waals surface area contributed by atoms with Crippen molar-refractivity contribution in [2.45, 2.75) is 38.5 Å². The van der Waals surface area contributed by atoms with Crippen LogP contribution in [-0.2, 0) is 0 Å². The number of nitrogens with zero attached hydrogens (tertiary/aromatic N) is 1. The van der Waals surface area contributed by atoms with E-state index >= 15 is 0 Å². The molecule has 1 saturated carbocycles. The van der Waals surface area contributed by atoms with Gasteiger partial charge in [0.15, 0.2) is 0 Å². The van der Waals surface area contributed by atoms with Crippen LogP contribution in [0.25, 0.3) is 0 Å². The molecule has 0 saturated heterocycles. The van der Waals surface area contributed by atoms with Crippen LogP contribution >= 0.6 is 0 Å². The summed E-state index contributed by atoms with van der Waals surface area (Å²) in [7, 11) is 0. The Bertz CT molecular complexity index is 294. The molecular weight excluding hydrogens is 160 g/mol. The maximum atomic E-state index is 6.06. The van der Waals surface area contributed by atoms with Crippen LogP contribution in [0.2, 0.25) is 0 Å². The highest BCUT2D eigenvalue weighted by atomic mass is 14.8. The second-order valence-electron chi connectivity index (χ2n) is 4.13. The van der Waals surface area contributed by atoms with Gasteiger partial charge in [-0.3, -0.25) is 4.98 Å². The lowest BCUT2D eigenvalue weighted by Gasteiger charge is -2.11. The third kappa shape index (κ3) is 1.53. The minimum absolute atomic E-state index is 0.500. The standard InChI is InChI=1S/C11H16N2/c1-7(2)9-5-6-13-11(10(9)12)8-3-4-8/h5-8H,3-4,12H2,1-2H3. The predicted octanol–water partition coefficient (Wildman–Crippen LogP) is 2.66. The smallest absolute Gasteiger partial charge is 0.0666 e. The van der Waals surface area contributed by atoms with Crippen LogP contribution in [0.3, 0.4) is 0 Å². The summed E-state index contributed by atoms with van der Waals surface area (Å²) < 4.78 is 0. The van der Waals surface area contributed by atoms with Crippen LogP contribution in [0.1, 0.15) is 49.8 Å². The van der Waals surface area contributed by atoms with E-state index in [0.29, 0.717) is 11.8 Å². The van der Waals surface area contributed by atoms with E-state index in [1.165, 1.54) is 18.4 Å². The van der Waals surface area contributed by atoms with Crippen LogP contribution in [-0.4, -0.2) is 4.98 Å². The molecule has 1 aromatic rings. The molecule has 0 unspecified atom stereocenters. The fourth-order valence-electron chi connectivity index (χ4n) is 1.69. The molecule has 0 aromatic carbocycles. The number of nitrogen functional groups attached to an aromatic ring is 1. The normalized spacial score (nSPS) is 16.5. The van der Waals surface area contributed by atoms with Crippen molar-refractivity contribution in [1.82, 2.24) is 4.98 Å². The highest BCUT2D eigenvalue weighted by Gasteiger charge is 2.27. The summed E-state index contributed by atoms with van der Waals surface area (Å²) in [5.41, 5.74) is 9.37. The molecule has 2 rings (SSSR count). The summed E-state index contributed by atoms with van der Waals surface area (Å²) in [6.07, 6.45) is 4.41. The number of anilines is 1. The Balaban J connectivity index is 2.41. The molecule has 70 valence electrons. The Kier molecular flexibility index (Phi) is 1.98. The fourth-order valence-corrected chi connectivity index (χ4v) is 1.69. The molecule has 0 atom stereocenters. The summed E-state index contributed by atoms with van der Waals surface area (Å²) in [5.74, 6) is 1.15. The fraction of sp³-hybridized carbons (Fsp3) is 0.545. The lowest BCUT2D eigenvalue weighted by atomic mass is 10.0. The summed E-state index contributed by atoms with van der Waals surface area (Å²) in [6, 6.07) is 2.03. The molecule has 1 aromatic heterocycles. The van der Waals surface area contributed by atoms with E-state index in [4.69, 9.17) is 5.73 Å². The SMILES string of the molecule is CC(C)c1ccnc(C2CC2)c1N. The molecule has 0 bridgehead atoms. The Labute approximate surface area is 79.2 Å². The molecule has 2 heteroatoms. The van der Waals surface area contributed by atoms with Crippen LogP contribution in [0.4, 0.5) is 5.69 Å². The van der Waals surface area contributed by atoms with Crippen molar-refractivity contribution in [2.75, 3.05) is 5.73 Å². The summed E-state index contributed by atoms with van der Waals surface area (Å²) in [4.78, 5) is 4.36. The topological polar surface area (TPSA) is 38.9 Å². The molecule has 0 amide bonds. The molecule has 2 nitrogen and oxygen atoms in total. The van der Waals surface area contributed by atoms with Crippen LogP contribution < -0.4 is 5.73 Å². The molecule has 1 fully saturated rings. The monoisotopic (exact) mass is 176 g/mol. The zero-order valence-electron chi connectivity index (χ0n) is 8.25. The maximum absolute atomic E-state index is 6.06.